The van der Waals surface area contributed by atoms with Crippen molar-refractivity contribution in [2.24, 2.45) is 5.73 Å². The highest BCUT2D eigenvalue weighted by atomic mass is 32.1. The maximum atomic E-state index is 13.7. The van der Waals surface area contributed by atoms with Crippen LogP contribution in [0.15, 0.2) is 34.6 Å². The van der Waals surface area contributed by atoms with Crippen LogP contribution in [-0.4, -0.2) is 83.6 Å². The van der Waals surface area contributed by atoms with Gasteiger partial charge in [-0.15, -0.1) is 11.3 Å². The van der Waals surface area contributed by atoms with Gasteiger partial charge in [0.25, 0.3) is 11.5 Å². The Morgan fingerprint density at radius 3 is 2.70 bits per heavy atom. The summed E-state index contributed by atoms with van der Waals surface area (Å²) in [6.45, 7) is 8.05. The molecular weight excluding hydrogens is 572 g/mol. The van der Waals surface area contributed by atoms with E-state index in [9.17, 15) is 19.2 Å². The van der Waals surface area contributed by atoms with Crippen molar-refractivity contribution < 1.29 is 19.1 Å². The van der Waals surface area contributed by atoms with Gasteiger partial charge < -0.3 is 25.6 Å². The number of rotatable bonds is 9. The maximum absolute atomic E-state index is 13.7. The Kier molecular flexibility index (Phi) is 9.81. The number of pyridine rings is 1. The minimum atomic E-state index is -0.876. The lowest BCUT2D eigenvalue weighted by Gasteiger charge is -2.33. The Balaban J connectivity index is 1.68. The lowest BCUT2D eigenvalue weighted by Crippen LogP contribution is -2.43. The monoisotopic (exact) mass is 610 g/mol. The number of carbonyl (C=O) groups excluding carboxylic acids is 3. The fourth-order valence-corrected chi connectivity index (χ4v) is 5.46. The van der Waals surface area contributed by atoms with Crippen molar-refractivity contribution >= 4 is 51.9 Å². The van der Waals surface area contributed by atoms with Crippen molar-refractivity contribution in [3.8, 4) is 0 Å². The Hall–Kier alpha value is -4.30. The number of piperidine rings is 1. The zero-order valence-electron chi connectivity index (χ0n) is 25.0. The topological polar surface area (TPSA) is 164 Å². The first-order chi connectivity index (χ1) is 20.3. The minimum Gasteiger partial charge on any atom is -0.445 e. The van der Waals surface area contributed by atoms with Crippen LogP contribution in [0.2, 0.25) is 0 Å². The molecule has 43 heavy (non-hydrogen) atoms. The number of amides is 3. The molecule has 4 heterocycles. The van der Waals surface area contributed by atoms with E-state index in [0.29, 0.717) is 49.0 Å². The van der Waals surface area contributed by atoms with Crippen LogP contribution < -0.4 is 26.8 Å². The van der Waals surface area contributed by atoms with Gasteiger partial charge >= 0.3 is 6.09 Å². The van der Waals surface area contributed by atoms with E-state index in [1.807, 2.05) is 50.0 Å². The first kappa shape index (κ1) is 31.6. The van der Waals surface area contributed by atoms with E-state index in [-0.39, 0.29) is 35.0 Å². The van der Waals surface area contributed by atoms with Crippen LogP contribution in [0.4, 0.5) is 15.7 Å². The smallest absolute Gasteiger partial charge is 0.404 e. The fraction of sp³-hybridized carbons (Fsp3) is 0.448. The summed E-state index contributed by atoms with van der Waals surface area (Å²) in [5.74, 6) is -0.429. The number of likely N-dealkylation sites (N-methyl/N-ethyl adjacent to an activating group) is 1. The third-order valence-electron chi connectivity index (χ3n) is 6.82. The molecule has 1 unspecified atom stereocenters. The third kappa shape index (κ3) is 8.17. The van der Waals surface area contributed by atoms with Crippen molar-refractivity contribution in [1.82, 2.24) is 24.6 Å². The molecule has 0 spiro atoms. The van der Waals surface area contributed by atoms with Gasteiger partial charge in [-0.1, -0.05) is 20.8 Å². The van der Waals surface area contributed by atoms with Crippen LogP contribution in [0.25, 0.3) is 11.7 Å². The Labute approximate surface area is 253 Å². The second-order valence-corrected chi connectivity index (χ2v) is 12.5. The van der Waals surface area contributed by atoms with Crippen LogP contribution >= 0.6 is 11.3 Å². The first-order valence-corrected chi connectivity index (χ1v) is 14.8. The fourth-order valence-electron chi connectivity index (χ4n) is 4.52. The largest absolute Gasteiger partial charge is 0.445 e. The van der Waals surface area contributed by atoms with Crippen LogP contribution in [0.1, 0.15) is 55.2 Å². The summed E-state index contributed by atoms with van der Waals surface area (Å²) in [5.41, 5.74) is 6.27. The predicted molar refractivity (Wildman–Crippen MR) is 167 cm³/mol. The average molecular weight is 611 g/mol. The van der Waals surface area contributed by atoms with Crippen LogP contribution in [-0.2, 0) is 14.9 Å². The number of nitrogens with zero attached hydrogens (tertiary/aromatic N) is 5. The normalized spacial score (nSPS) is 15.7. The standard InChI is InChI=1S/C29H38N8O5S/c1-29(2,3)21-17-43-28(32-21)34-25(39)18-10-13-37-22(15-18)33-24(36-12-6-7-19(16-36)42-27(30)41)20(26(37)40)8-9-23(38)31-11-14-35(4)5/h8-10,13,15,17,19H,6-7,11-12,14,16H2,1-5H3,(H2,30,41)(H,31,38)(H,32,34,39). The number of ether oxygens (including phenoxy) is 1. The minimum absolute atomic E-state index is 0.154. The van der Waals surface area contributed by atoms with E-state index >= 15 is 0 Å². The van der Waals surface area contributed by atoms with Gasteiger partial charge in [-0.25, -0.2) is 14.8 Å². The van der Waals surface area contributed by atoms with Crippen molar-refractivity contribution in [2.45, 2.75) is 45.1 Å². The number of carbonyl (C=O) groups is 3. The summed E-state index contributed by atoms with van der Waals surface area (Å²) < 4.78 is 6.56. The summed E-state index contributed by atoms with van der Waals surface area (Å²) in [6, 6.07) is 3.06. The molecular formula is C29H38N8O5S. The molecule has 1 aliphatic heterocycles. The molecule has 13 nitrogen and oxygen atoms in total. The van der Waals surface area contributed by atoms with Gasteiger partial charge in [-0.2, -0.15) is 0 Å². The van der Waals surface area contributed by atoms with E-state index in [1.54, 1.807) is 0 Å². The van der Waals surface area contributed by atoms with Gasteiger partial charge in [-0.05, 0) is 45.1 Å². The summed E-state index contributed by atoms with van der Waals surface area (Å²) in [6.07, 6.45) is 4.15. The molecule has 3 amide bonds. The lowest BCUT2D eigenvalue weighted by molar-refractivity contribution is -0.116. The van der Waals surface area contributed by atoms with Gasteiger partial charge in [0.15, 0.2) is 5.13 Å². The second-order valence-electron chi connectivity index (χ2n) is 11.6. The van der Waals surface area contributed by atoms with Gasteiger partial charge in [0, 0.05) is 48.3 Å². The number of anilines is 2. The predicted octanol–water partition coefficient (Wildman–Crippen LogP) is 2.46. The quantitative estimate of drug-likeness (QED) is 0.309. The van der Waals surface area contributed by atoms with Crippen molar-refractivity contribution in [2.75, 3.05) is 50.5 Å². The van der Waals surface area contributed by atoms with Crippen molar-refractivity contribution in [1.29, 1.82) is 0 Å². The molecule has 4 N–H and O–H groups in total. The van der Waals surface area contributed by atoms with Gasteiger partial charge in [-0.3, -0.25) is 24.1 Å². The number of hydrogen-bond donors (Lipinski definition) is 3. The Morgan fingerprint density at radius 2 is 2.02 bits per heavy atom. The summed E-state index contributed by atoms with van der Waals surface area (Å²) >= 11 is 1.34. The molecule has 3 aromatic heterocycles. The molecule has 1 aliphatic rings. The maximum Gasteiger partial charge on any atom is 0.404 e. The molecule has 1 saturated heterocycles. The van der Waals surface area contributed by atoms with Gasteiger partial charge in [0.1, 0.15) is 17.6 Å². The highest BCUT2D eigenvalue weighted by molar-refractivity contribution is 7.14. The molecule has 230 valence electrons. The number of hydrogen-bond acceptors (Lipinski definition) is 10. The number of primary amides is 1. The number of nitrogens with one attached hydrogen (secondary N) is 2. The van der Waals surface area contributed by atoms with E-state index in [0.717, 1.165) is 5.69 Å². The van der Waals surface area contributed by atoms with Gasteiger partial charge in [0.2, 0.25) is 5.91 Å². The highest BCUT2D eigenvalue weighted by Gasteiger charge is 2.27. The van der Waals surface area contributed by atoms with E-state index < -0.39 is 17.8 Å². The van der Waals surface area contributed by atoms with Crippen molar-refractivity contribution in [3.63, 3.8) is 0 Å². The number of nitrogens with two attached hydrogens (primary N) is 1. The highest BCUT2D eigenvalue weighted by Crippen LogP contribution is 2.27. The summed E-state index contributed by atoms with van der Waals surface area (Å²) in [5, 5.41) is 7.99. The molecule has 1 fully saturated rings. The number of thiazole rings is 1. The zero-order chi connectivity index (χ0) is 31.3. The Morgan fingerprint density at radius 1 is 1.26 bits per heavy atom. The van der Waals surface area contributed by atoms with Crippen LogP contribution in [0.3, 0.4) is 0 Å². The zero-order valence-corrected chi connectivity index (χ0v) is 25.9. The molecule has 0 aliphatic carbocycles. The van der Waals surface area contributed by atoms with E-state index in [2.05, 4.69) is 15.6 Å². The molecule has 4 rings (SSSR count). The molecule has 0 saturated carbocycles. The second kappa shape index (κ2) is 13.3. The Bertz CT molecular complexity index is 1590. The first-order valence-electron chi connectivity index (χ1n) is 14.0. The number of fused-ring (bicyclic) bond motifs is 1. The molecule has 14 heteroatoms. The molecule has 1 atom stereocenters. The van der Waals surface area contributed by atoms with E-state index in [1.165, 1.54) is 46.2 Å². The average Bonchev–Trinajstić information content (AvgIpc) is 3.41. The van der Waals surface area contributed by atoms with E-state index in [4.69, 9.17) is 15.5 Å². The number of aromatic nitrogens is 3. The SMILES string of the molecule is CN(C)CCNC(=O)C=Cc1c(N2CCCC(OC(N)=O)C2)nc2cc(C(=O)Nc3nc(C(C)(C)C)cs3)ccn2c1=O. The third-order valence-corrected chi connectivity index (χ3v) is 7.58. The van der Waals surface area contributed by atoms with Crippen LogP contribution in [0, 0.1) is 0 Å². The lowest BCUT2D eigenvalue weighted by atomic mass is 9.93. The van der Waals surface area contributed by atoms with Crippen LogP contribution in [0.5, 0.6) is 0 Å². The van der Waals surface area contributed by atoms with Gasteiger partial charge in [0.05, 0.1) is 17.8 Å². The summed E-state index contributed by atoms with van der Waals surface area (Å²) in [7, 11) is 3.81. The summed E-state index contributed by atoms with van der Waals surface area (Å²) in [4.78, 5) is 63.8. The van der Waals surface area contributed by atoms with Crippen molar-refractivity contribution in [3.05, 3.63) is 57.0 Å². The molecule has 0 radical (unpaired) electrons. The molecule has 3 aromatic rings. The molecule has 0 aromatic carbocycles. The molecule has 0 bridgehead atoms.